The van der Waals surface area contributed by atoms with E-state index in [1.54, 1.807) is 41.4 Å². The van der Waals surface area contributed by atoms with Crippen LogP contribution in [-0.4, -0.2) is 38.9 Å². The molecule has 1 saturated heterocycles. The Morgan fingerprint density at radius 2 is 1.61 bits per heavy atom. The maximum Gasteiger partial charge on any atom is 0.416 e. The van der Waals surface area contributed by atoms with Crippen molar-refractivity contribution in [3.05, 3.63) is 59.7 Å². The van der Waals surface area contributed by atoms with Gasteiger partial charge in [-0.3, -0.25) is 4.68 Å². The normalized spacial score (nSPS) is 16.9. The van der Waals surface area contributed by atoms with Crippen molar-refractivity contribution in [2.75, 3.05) is 18.0 Å². The van der Waals surface area contributed by atoms with Crippen LogP contribution in [0.25, 0.3) is 11.1 Å². The molecule has 176 valence electrons. The molecule has 0 saturated carbocycles. The third-order valence-corrected chi connectivity index (χ3v) is 5.41. The standard InChI is InChI=1S/C21H20F6N6/c1-32-12-15(9-31-32)14-7-29-19(30-8-14)33(18-2-3-28-10-18)11-13-4-16(20(22,23)24)6-17(5-13)21(25,26)27/h4-9,12,18,28H,2-3,10-11H2,1H3. The highest BCUT2D eigenvalue weighted by molar-refractivity contribution is 5.60. The maximum absolute atomic E-state index is 13.3. The van der Waals surface area contributed by atoms with Crippen molar-refractivity contribution in [2.45, 2.75) is 31.4 Å². The summed E-state index contributed by atoms with van der Waals surface area (Å²) in [6, 6.07) is 1.44. The van der Waals surface area contributed by atoms with E-state index < -0.39 is 23.5 Å². The highest BCUT2D eigenvalue weighted by atomic mass is 19.4. The summed E-state index contributed by atoms with van der Waals surface area (Å²) in [4.78, 5) is 10.3. The summed E-state index contributed by atoms with van der Waals surface area (Å²) in [6.07, 6.45) is -2.63. The average Bonchev–Trinajstić information content (AvgIpc) is 3.43. The van der Waals surface area contributed by atoms with E-state index in [4.69, 9.17) is 0 Å². The molecule has 33 heavy (non-hydrogen) atoms. The second-order valence-corrected chi connectivity index (χ2v) is 7.86. The van der Waals surface area contributed by atoms with Crippen LogP contribution in [0.4, 0.5) is 32.3 Å². The smallest absolute Gasteiger partial charge is 0.332 e. The van der Waals surface area contributed by atoms with Crippen molar-refractivity contribution in [1.29, 1.82) is 0 Å². The monoisotopic (exact) mass is 470 g/mol. The molecule has 3 heterocycles. The molecule has 1 fully saturated rings. The fourth-order valence-corrected chi connectivity index (χ4v) is 3.76. The Hall–Kier alpha value is -3.15. The first-order valence-electron chi connectivity index (χ1n) is 10.1. The Kier molecular flexibility index (Phi) is 6.04. The second-order valence-electron chi connectivity index (χ2n) is 7.86. The van der Waals surface area contributed by atoms with Gasteiger partial charge in [-0.05, 0) is 36.7 Å². The number of alkyl halides is 6. The van der Waals surface area contributed by atoms with E-state index in [0.717, 1.165) is 17.7 Å². The quantitative estimate of drug-likeness (QED) is 0.564. The second kappa shape index (κ2) is 8.65. The van der Waals surface area contributed by atoms with Crippen molar-refractivity contribution >= 4 is 5.95 Å². The Labute approximate surface area is 185 Å². The Morgan fingerprint density at radius 1 is 0.970 bits per heavy atom. The molecule has 1 aromatic carbocycles. The van der Waals surface area contributed by atoms with Crippen molar-refractivity contribution in [3.63, 3.8) is 0 Å². The summed E-state index contributed by atoms with van der Waals surface area (Å²) in [5.41, 5.74) is -1.33. The summed E-state index contributed by atoms with van der Waals surface area (Å²) in [6.45, 7) is 0.982. The van der Waals surface area contributed by atoms with Crippen molar-refractivity contribution in [2.24, 2.45) is 7.05 Å². The third-order valence-electron chi connectivity index (χ3n) is 5.41. The number of aryl methyl sites for hydroxylation is 1. The van der Waals surface area contributed by atoms with E-state index in [0.29, 0.717) is 25.1 Å². The number of halogens is 6. The number of hydrogen-bond donors (Lipinski definition) is 1. The molecule has 1 aliphatic rings. The number of hydrogen-bond acceptors (Lipinski definition) is 5. The number of nitrogens with one attached hydrogen (secondary N) is 1. The predicted molar refractivity (Wildman–Crippen MR) is 108 cm³/mol. The van der Waals surface area contributed by atoms with Gasteiger partial charge >= 0.3 is 12.4 Å². The molecule has 1 atom stereocenters. The van der Waals surface area contributed by atoms with E-state index >= 15 is 0 Å². The maximum atomic E-state index is 13.3. The van der Waals surface area contributed by atoms with Crippen LogP contribution >= 0.6 is 0 Å². The van der Waals surface area contributed by atoms with Gasteiger partial charge in [0, 0.05) is 55.9 Å². The van der Waals surface area contributed by atoms with E-state index in [9.17, 15) is 26.3 Å². The minimum atomic E-state index is -4.91. The molecular weight excluding hydrogens is 450 g/mol. The summed E-state index contributed by atoms with van der Waals surface area (Å²) in [7, 11) is 1.76. The number of benzene rings is 1. The minimum absolute atomic E-state index is 0.121. The van der Waals surface area contributed by atoms with E-state index in [1.165, 1.54) is 0 Å². The first kappa shape index (κ1) is 23.0. The van der Waals surface area contributed by atoms with E-state index in [1.807, 2.05) is 0 Å². The third kappa shape index (κ3) is 5.27. The first-order chi connectivity index (χ1) is 15.5. The molecule has 0 amide bonds. The number of nitrogens with zero attached hydrogens (tertiary/aromatic N) is 5. The average molecular weight is 470 g/mol. The van der Waals surface area contributed by atoms with Gasteiger partial charge in [-0.15, -0.1) is 0 Å². The lowest BCUT2D eigenvalue weighted by molar-refractivity contribution is -0.143. The topological polar surface area (TPSA) is 58.9 Å². The summed E-state index contributed by atoms with van der Waals surface area (Å²) in [5.74, 6) is 0.224. The van der Waals surface area contributed by atoms with Crippen LogP contribution in [0.15, 0.2) is 43.0 Å². The lowest BCUT2D eigenvalue weighted by Gasteiger charge is -2.29. The zero-order valence-electron chi connectivity index (χ0n) is 17.5. The van der Waals surface area contributed by atoms with Crippen LogP contribution in [-0.2, 0) is 25.9 Å². The summed E-state index contributed by atoms with van der Waals surface area (Å²) < 4.78 is 81.3. The van der Waals surface area contributed by atoms with Crippen LogP contribution in [0.2, 0.25) is 0 Å². The van der Waals surface area contributed by atoms with Crippen LogP contribution in [0.1, 0.15) is 23.1 Å². The van der Waals surface area contributed by atoms with Crippen LogP contribution in [0.5, 0.6) is 0 Å². The van der Waals surface area contributed by atoms with Gasteiger partial charge in [0.25, 0.3) is 0 Å². The molecule has 1 aliphatic heterocycles. The summed E-state index contributed by atoms with van der Waals surface area (Å²) in [5, 5.41) is 7.24. The molecule has 12 heteroatoms. The largest absolute Gasteiger partial charge is 0.416 e. The molecule has 0 bridgehead atoms. The highest BCUT2D eigenvalue weighted by Gasteiger charge is 2.37. The van der Waals surface area contributed by atoms with Gasteiger partial charge in [-0.1, -0.05) is 0 Å². The van der Waals surface area contributed by atoms with Gasteiger partial charge in [0.1, 0.15) is 0 Å². The van der Waals surface area contributed by atoms with Crippen LogP contribution in [0, 0.1) is 0 Å². The first-order valence-corrected chi connectivity index (χ1v) is 10.1. The Bertz CT molecular complexity index is 1070. The molecule has 6 nitrogen and oxygen atoms in total. The van der Waals surface area contributed by atoms with Gasteiger partial charge in [-0.25, -0.2) is 9.97 Å². The Morgan fingerprint density at radius 3 is 2.09 bits per heavy atom. The fraction of sp³-hybridized carbons (Fsp3) is 0.381. The summed E-state index contributed by atoms with van der Waals surface area (Å²) >= 11 is 0. The molecular formula is C21H20F6N6. The zero-order chi connectivity index (χ0) is 23.8. The van der Waals surface area contributed by atoms with Gasteiger partial charge in [0.15, 0.2) is 0 Å². The molecule has 2 aromatic heterocycles. The lowest BCUT2D eigenvalue weighted by atomic mass is 10.0. The van der Waals surface area contributed by atoms with Gasteiger partial charge in [0.2, 0.25) is 5.95 Å². The predicted octanol–water partition coefficient (Wildman–Crippen LogP) is 4.28. The van der Waals surface area contributed by atoms with E-state index in [-0.39, 0.29) is 30.2 Å². The molecule has 0 aliphatic carbocycles. The van der Waals surface area contributed by atoms with Gasteiger partial charge in [0.05, 0.1) is 17.3 Å². The molecule has 0 radical (unpaired) electrons. The molecule has 3 aromatic rings. The Balaban J connectivity index is 1.69. The van der Waals surface area contributed by atoms with Crippen LogP contribution in [0.3, 0.4) is 0 Å². The van der Waals surface area contributed by atoms with Crippen molar-refractivity contribution in [3.8, 4) is 11.1 Å². The molecule has 0 spiro atoms. The highest BCUT2D eigenvalue weighted by Crippen LogP contribution is 2.37. The number of rotatable bonds is 5. The zero-order valence-corrected chi connectivity index (χ0v) is 17.5. The minimum Gasteiger partial charge on any atom is -0.332 e. The van der Waals surface area contributed by atoms with E-state index in [2.05, 4.69) is 20.4 Å². The number of aromatic nitrogens is 4. The fourth-order valence-electron chi connectivity index (χ4n) is 3.76. The van der Waals surface area contributed by atoms with Gasteiger partial charge < -0.3 is 10.2 Å². The molecule has 1 unspecified atom stereocenters. The van der Waals surface area contributed by atoms with Crippen LogP contribution < -0.4 is 10.2 Å². The molecule has 4 rings (SSSR count). The van der Waals surface area contributed by atoms with Crippen molar-refractivity contribution < 1.29 is 26.3 Å². The number of anilines is 1. The molecule has 1 N–H and O–H groups in total. The lowest BCUT2D eigenvalue weighted by Crippen LogP contribution is -2.37. The van der Waals surface area contributed by atoms with Crippen molar-refractivity contribution in [1.82, 2.24) is 25.1 Å². The SMILES string of the molecule is Cn1cc(-c2cnc(N(Cc3cc(C(F)(F)F)cc(C(F)(F)F)c3)C3CCNC3)nc2)cn1. The van der Waals surface area contributed by atoms with Gasteiger partial charge in [-0.2, -0.15) is 31.4 Å².